The lowest BCUT2D eigenvalue weighted by atomic mass is 10.1. The molecule has 2 heteroatoms. The van der Waals surface area contributed by atoms with Gasteiger partial charge in [0, 0.05) is 18.0 Å². The van der Waals surface area contributed by atoms with E-state index in [0.717, 1.165) is 0 Å². The molecule has 0 N–H and O–H groups in total. The predicted molar refractivity (Wildman–Crippen MR) is 57.0 cm³/mol. The lowest BCUT2D eigenvalue weighted by molar-refractivity contribution is -0.137. The smallest absolute Gasteiger partial charge is 0.225 e. The number of amides is 1. The minimum Gasteiger partial charge on any atom is -0.337 e. The van der Waals surface area contributed by atoms with E-state index in [2.05, 4.69) is 4.90 Å². The Morgan fingerprint density at radius 2 is 1.57 bits per heavy atom. The van der Waals surface area contributed by atoms with E-state index in [1.807, 2.05) is 13.8 Å². The maximum Gasteiger partial charge on any atom is 0.225 e. The average molecular weight is 195 g/mol. The molecule has 80 valence electrons. The molecule has 0 aromatic carbocycles. The molecule has 2 saturated carbocycles. The Hall–Kier alpha value is -0.530. The highest BCUT2D eigenvalue weighted by atomic mass is 16.2. The van der Waals surface area contributed by atoms with E-state index < -0.39 is 0 Å². The Bertz CT molecular complexity index is 214. The van der Waals surface area contributed by atoms with E-state index in [9.17, 15) is 4.79 Å². The fourth-order valence-electron chi connectivity index (χ4n) is 2.49. The van der Waals surface area contributed by atoms with Gasteiger partial charge in [-0.1, -0.05) is 26.7 Å². The van der Waals surface area contributed by atoms with Gasteiger partial charge in [-0.25, -0.2) is 0 Å². The summed E-state index contributed by atoms with van der Waals surface area (Å²) in [7, 11) is 0. The molecule has 0 spiro atoms. The topological polar surface area (TPSA) is 20.3 Å². The number of rotatable bonds is 3. The molecule has 0 saturated heterocycles. The molecule has 0 aromatic rings. The normalized spacial score (nSPS) is 23.1. The Balaban J connectivity index is 2.02. The molecule has 0 atom stereocenters. The van der Waals surface area contributed by atoms with E-state index in [-0.39, 0.29) is 5.92 Å². The van der Waals surface area contributed by atoms with Gasteiger partial charge in [-0.15, -0.1) is 0 Å². The first-order valence-electron chi connectivity index (χ1n) is 6.02. The number of hydrogen-bond donors (Lipinski definition) is 0. The van der Waals surface area contributed by atoms with Crippen molar-refractivity contribution >= 4 is 5.91 Å². The summed E-state index contributed by atoms with van der Waals surface area (Å²) < 4.78 is 0. The molecule has 0 radical (unpaired) electrons. The highest BCUT2D eigenvalue weighted by Crippen LogP contribution is 2.35. The second-order valence-corrected chi connectivity index (χ2v) is 5.07. The summed E-state index contributed by atoms with van der Waals surface area (Å²) in [6.07, 6.45) is 7.62. The number of hydrogen-bond acceptors (Lipinski definition) is 1. The third kappa shape index (κ3) is 1.94. The van der Waals surface area contributed by atoms with Crippen molar-refractivity contribution in [1.29, 1.82) is 0 Å². The Morgan fingerprint density at radius 1 is 1.07 bits per heavy atom. The van der Waals surface area contributed by atoms with Crippen LogP contribution in [-0.2, 0) is 4.79 Å². The molecule has 2 fully saturated rings. The first-order valence-corrected chi connectivity index (χ1v) is 6.02. The minimum atomic E-state index is 0.177. The van der Waals surface area contributed by atoms with Crippen LogP contribution in [0.1, 0.15) is 52.4 Å². The van der Waals surface area contributed by atoms with Crippen LogP contribution in [0.5, 0.6) is 0 Å². The molecular weight excluding hydrogens is 174 g/mol. The SMILES string of the molecule is CC(C)C(=O)N(C1CCCC1)C1CC1. The molecule has 0 bridgehead atoms. The van der Waals surface area contributed by atoms with Crippen LogP contribution >= 0.6 is 0 Å². The minimum absolute atomic E-state index is 0.177. The van der Waals surface area contributed by atoms with Crippen molar-refractivity contribution in [1.82, 2.24) is 4.90 Å². The van der Waals surface area contributed by atoms with Crippen molar-refractivity contribution in [2.75, 3.05) is 0 Å². The van der Waals surface area contributed by atoms with Crippen LogP contribution in [0, 0.1) is 5.92 Å². The van der Waals surface area contributed by atoms with Gasteiger partial charge in [0.15, 0.2) is 0 Å². The van der Waals surface area contributed by atoms with Crippen molar-refractivity contribution < 1.29 is 4.79 Å². The van der Waals surface area contributed by atoms with Gasteiger partial charge < -0.3 is 4.90 Å². The monoisotopic (exact) mass is 195 g/mol. The van der Waals surface area contributed by atoms with Crippen LogP contribution in [0.4, 0.5) is 0 Å². The third-order valence-corrected chi connectivity index (χ3v) is 3.41. The van der Waals surface area contributed by atoms with E-state index >= 15 is 0 Å². The Morgan fingerprint density at radius 3 is 2.00 bits per heavy atom. The average Bonchev–Trinajstić information content (AvgIpc) is 2.81. The fraction of sp³-hybridized carbons (Fsp3) is 0.917. The molecule has 2 rings (SSSR count). The summed E-state index contributed by atoms with van der Waals surface area (Å²) >= 11 is 0. The van der Waals surface area contributed by atoms with Crippen LogP contribution in [0.3, 0.4) is 0 Å². The van der Waals surface area contributed by atoms with Crippen molar-refractivity contribution in [3.8, 4) is 0 Å². The van der Waals surface area contributed by atoms with E-state index in [0.29, 0.717) is 18.0 Å². The molecule has 1 amide bonds. The predicted octanol–water partition coefficient (Wildman–Crippen LogP) is 2.58. The summed E-state index contributed by atoms with van der Waals surface area (Å²) in [6.45, 7) is 4.04. The van der Waals surface area contributed by atoms with Crippen LogP contribution in [-0.4, -0.2) is 22.9 Å². The molecule has 0 unspecified atom stereocenters. The zero-order valence-electron chi connectivity index (χ0n) is 9.33. The molecule has 14 heavy (non-hydrogen) atoms. The standard InChI is InChI=1S/C12H21NO/c1-9(2)12(14)13(11-7-8-11)10-5-3-4-6-10/h9-11H,3-8H2,1-2H3. The van der Waals surface area contributed by atoms with Gasteiger partial charge in [-0.3, -0.25) is 4.79 Å². The number of carbonyl (C=O) groups is 1. The number of carbonyl (C=O) groups excluding carboxylic acids is 1. The van der Waals surface area contributed by atoms with Crippen LogP contribution in [0.25, 0.3) is 0 Å². The van der Waals surface area contributed by atoms with E-state index in [1.165, 1.54) is 38.5 Å². The van der Waals surface area contributed by atoms with Gasteiger partial charge in [0.1, 0.15) is 0 Å². The van der Waals surface area contributed by atoms with Crippen molar-refractivity contribution in [3.63, 3.8) is 0 Å². The quantitative estimate of drug-likeness (QED) is 0.677. The van der Waals surface area contributed by atoms with Gasteiger partial charge in [0.2, 0.25) is 5.91 Å². The second kappa shape index (κ2) is 3.92. The summed E-state index contributed by atoms with van der Waals surface area (Å²) in [5.41, 5.74) is 0. The first kappa shape index (κ1) is 10.0. The maximum atomic E-state index is 12.0. The summed E-state index contributed by atoms with van der Waals surface area (Å²) in [4.78, 5) is 14.3. The lowest BCUT2D eigenvalue weighted by Crippen LogP contribution is -2.42. The fourth-order valence-corrected chi connectivity index (χ4v) is 2.49. The highest BCUT2D eigenvalue weighted by Gasteiger charge is 2.38. The lowest BCUT2D eigenvalue weighted by Gasteiger charge is -2.30. The molecular formula is C12H21NO. The van der Waals surface area contributed by atoms with Gasteiger partial charge in [0.25, 0.3) is 0 Å². The Kier molecular flexibility index (Phi) is 2.80. The number of nitrogens with zero attached hydrogens (tertiary/aromatic N) is 1. The molecule has 0 heterocycles. The highest BCUT2D eigenvalue weighted by molar-refractivity contribution is 5.79. The summed E-state index contributed by atoms with van der Waals surface area (Å²) in [6, 6.07) is 1.19. The molecule has 2 aliphatic carbocycles. The van der Waals surface area contributed by atoms with Crippen molar-refractivity contribution in [3.05, 3.63) is 0 Å². The summed E-state index contributed by atoms with van der Waals surface area (Å²) in [5.74, 6) is 0.565. The van der Waals surface area contributed by atoms with Crippen LogP contribution in [0.15, 0.2) is 0 Å². The van der Waals surface area contributed by atoms with Crippen LogP contribution in [0.2, 0.25) is 0 Å². The van der Waals surface area contributed by atoms with Gasteiger partial charge >= 0.3 is 0 Å². The van der Waals surface area contributed by atoms with Gasteiger partial charge in [-0.2, -0.15) is 0 Å². The second-order valence-electron chi connectivity index (χ2n) is 5.07. The molecule has 0 aliphatic heterocycles. The zero-order valence-corrected chi connectivity index (χ0v) is 9.33. The first-order chi connectivity index (χ1) is 6.70. The van der Waals surface area contributed by atoms with E-state index in [1.54, 1.807) is 0 Å². The third-order valence-electron chi connectivity index (χ3n) is 3.41. The van der Waals surface area contributed by atoms with Crippen molar-refractivity contribution in [2.45, 2.75) is 64.5 Å². The van der Waals surface area contributed by atoms with E-state index in [4.69, 9.17) is 0 Å². The van der Waals surface area contributed by atoms with Crippen LogP contribution < -0.4 is 0 Å². The largest absolute Gasteiger partial charge is 0.337 e. The zero-order chi connectivity index (χ0) is 10.1. The van der Waals surface area contributed by atoms with Gasteiger partial charge in [-0.05, 0) is 25.7 Å². The maximum absolute atomic E-state index is 12.0. The Labute approximate surface area is 86.7 Å². The molecule has 0 aromatic heterocycles. The molecule has 2 aliphatic rings. The van der Waals surface area contributed by atoms with Gasteiger partial charge in [0.05, 0.1) is 0 Å². The molecule has 2 nitrogen and oxygen atoms in total. The summed E-state index contributed by atoms with van der Waals surface area (Å²) in [5, 5.41) is 0. The van der Waals surface area contributed by atoms with Crippen molar-refractivity contribution in [2.24, 2.45) is 5.92 Å².